The van der Waals surface area contributed by atoms with Crippen molar-refractivity contribution in [3.05, 3.63) is 28.3 Å². The van der Waals surface area contributed by atoms with Crippen molar-refractivity contribution in [1.29, 1.82) is 0 Å². The third kappa shape index (κ3) is 4.66. The molecule has 9 heteroatoms. The Balaban J connectivity index is 3.09. The molecule has 0 saturated carbocycles. The quantitative estimate of drug-likeness (QED) is 0.443. The van der Waals surface area contributed by atoms with Gasteiger partial charge >= 0.3 is 0 Å². The fourth-order valence-electron chi connectivity index (χ4n) is 1.69. The summed E-state index contributed by atoms with van der Waals surface area (Å²) in [5.41, 5.74) is 4.40. The number of sulfonamides is 1. The summed E-state index contributed by atoms with van der Waals surface area (Å²) in [6.07, 6.45) is 0. The van der Waals surface area contributed by atoms with Gasteiger partial charge in [-0.1, -0.05) is 0 Å². The predicted molar refractivity (Wildman–Crippen MR) is 78.4 cm³/mol. The smallest absolute Gasteiger partial charge is 0.289 e. The summed E-state index contributed by atoms with van der Waals surface area (Å²) in [7, 11) is -4.06. The molecule has 0 aliphatic carbocycles. The lowest BCUT2D eigenvalue weighted by molar-refractivity contribution is -0.387. The van der Waals surface area contributed by atoms with Crippen molar-refractivity contribution in [2.45, 2.75) is 31.3 Å². The maximum absolute atomic E-state index is 12.2. The van der Waals surface area contributed by atoms with E-state index in [2.05, 4.69) is 4.72 Å². The van der Waals surface area contributed by atoms with Gasteiger partial charge in [0.1, 0.15) is 0 Å². The zero-order chi connectivity index (χ0) is 16.3. The fraction of sp³-hybridized carbons (Fsp3) is 0.500. The molecular formula is C12H19N3O5S. The van der Waals surface area contributed by atoms with Crippen LogP contribution in [0.15, 0.2) is 23.1 Å². The Morgan fingerprint density at radius 3 is 2.57 bits per heavy atom. The lowest BCUT2D eigenvalue weighted by atomic mass is 10.1. The molecule has 0 saturated heterocycles. The van der Waals surface area contributed by atoms with E-state index in [4.69, 9.17) is 10.5 Å². The number of ether oxygens (including phenoxy) is 1. The summed E-state index contributed by atoms with van der Waals surface area (Å²) in [5.74, 6) is 0. The number of nitrogens with zero attached hydrogens (tertiary/aromatic N) is 1. The van der Waals surface area contributed by atoms with Crippen LogP contribution in [-0.4, -0.2) is 32.1 Å². The average molecular weight is 317 g/mol. The highest BCUT2D eigenvalue weighted by Gasteiger charge is 2.28. The van der Waals surface area contributed by atoms with Gasteiger partial charge in [-0.15, -0.1) is 0 Å². The Morgan fingerprint density at radius 2 is 2.05 bits per heavy atom. The predicted octanol–water partition coefficient (Wildman–Crippen LogP) is 1.27. The monoisotopic (exact) mass is 317 g/mol. The number of anilines is 1. The normalized spacial score (nSPS) is 12.3. The molecule has 0 bridgehead atoms. The molecule has 0 aliphatic rings. The number of hydrogen-bond acceptors (Lipinski definition) is 6. The van der Waals surface area contributed by atoms with Crippen LogP contribution >= 0.6 is 0 Å². The van der Waals surface area contributed by atoms with E-state index in [1.807, 2.05) is 0 Å². The van der Waals surface area contributed by atoms with Gasteiger partial charge in [-0.25, -0.2) is 13.1 Å². The van der Waals surface area contributed by atoms with Gasteiger partial charge in [0, 0.05) is 24.9 Å². The second kappa shape index (κ2) is 6.37. The molecule has 1 aromatic carbocycles. The second-order valence-corrected chi connectivity index (χ2v) is 6.74. The van der Waals surface area contributed by atoms with E-state index in [0.717, 1.165) is 12.1 Å². The van der Waals surface area contributed by atoms with Gasteiger partial charge in [-0.3, -0.25) is 10.1 Å². The van der Waals surface area contributed by atoms with E-state index in [1.165, 1.54) is 6.07 Å². The molecule has 8 nitrogen and oxygen atoms in total. The largest absolute Gasteiger partial charge is 0.399 e. The zero-order valence-electron chi connectivity index (χ0n) is 12.1. The van der Waals surface area contributed by atoms with Gasteiger partial charge < -0.3 is 10.5 Å². The van der Waals surface area contributed by atoms with E-state index in [0.29, 0.717) is 6.61 Å². The maximum Gasteiger partial charge on any atom is 0.289 e. The van der Waals surface area contributed by atoms with Crippen LogP contribution in [0.1, 0.15) is 20.8 Å². The molecule has 0 aromatic heterocycles. The van der Waals surface area contributed by atoms with Gasteiger partial charge in [-0.05, 0) is 32.9 Å². The topological polar surface area (TPSA) is 125 Å². The third-order valence-electron chi connectivity index (χ3n) is 2.69. The molecule has 0 fully saturated rings. The molecule has 0 aliphatic heterocycles. The van der Waals surface area contributed by atoms with Crippen molar-refractivity contribution in [1.82, 2.24) is 4.72 Å². The van der Waals surface area contributed by atoms with Crippen molar-refractivity contribution in [3.63, 3.8) is 0 Å². The molecule has 0 unspecified atom stereocenters. The van der Waals surface area contributed by atoms with Crippen LogP contribution in [0, 0.1) is 10.1 Å². The number of rotatable bonds is 7. The van der Waals surface area contributed by atoms with Crippen molar-refractivity contribution in [3.8, 4) is 0 Å². The summed E-state index contributed by atoms with van der Waals surface area (Å²) >= 11 is 0. The van der Waals surface area contributed by atoms with E-state index < -0.39 is 31.1 Å². The molecule has 1 rings (SSSR count). The van der Waals surface area contributed by atoms with Crippen LogP contribution in [0.5, 0.6) is 0 Å². The summed E-state index contributed by atoms with van der Waals surface area (Å²) < 4.78 is 32.2. The van der Waals surface area contributed by atoms with Crippen molar-refractivity contribution in [2.24, 2.45) is 0 Å². The van der Waals surface area contributed by atoms with Crippen LogP contribution in [-0.2, 0) is 14.8 Å². The van der Waals surface area contributed by atoms with E-state index >= 15 is 0 Å². The number of nitro groups is 1. The Kier molecular flexibility index (Phi) is 5.26. The Hall–Kier alpha value is -1.71. The lowest BCUT2D eigenvalue weighted by Crippen LogP contribution is -2.40. The fourth-order valence-corrected chi connectivity index (χ4v) is 3.09. The molecule has 118 valence electrons. The zero-order valence-corrected chi connectivity index (χ0v) is 12.9. The van der Waals surface area contributed by atoms with Gasteiger partial charge in [0.25, 0.3) is 5.69 Å². The summed E-state index contributed by atoms with van der Waals surface area (Å²) in [6, 6.07) is 3.41. The number of nitro benzene ring substituents is 1. The van der Waals surface area contributed by atoms with Gasteiger partial charge in [0.2, 0.25) is 10.0 Å². The van der Waals surface area contributed by atoms with Crippen molar-refractivity contribution in [2.75, 3.05) is 18.9 Å². The van der Waals surface area contributed by atoms with Gasteiger partial charge in [0.15, 0.2) is 4.90 Å². The first-order valence-electron chi connectivity index (χ1n) is 6.26. The minimum atomic E-state index is -4.06. The summed E-state index contributed by atoms with van der Waals surface area (Å²) in [4.78, 5) is 9.71. The van der Waals surface area contributed by atoms with Gasteiger partial charge in [0.05, 0.1) is 10.5 Å². The summed E-state index contributed by atoms with van der Waals surface area (Å²) in [6.45, 7) is 5.63. The van der Waals surface area contributed by atoms with E-state index in [-0.39, 0.29) is 12.2 Å². The minimum absolute atomic E-state index is 0.0187. The molecule has 3 N–H and O–H groups in total. The first-order valence-corrected chi connectivity index (χ1v) is 7.75. The van der Waals surface area contributed by atoms with Crippen molar-refractivity contribution < 1.29 is 18.1 Å². The Labute approximate surface area is 123 Å². The number of nitrogens with one attached hydrogen (secondary N) is 1. The highest BCUT2D eigenvalue weighted by atomic mass is 32.2. The number of hydrogen-bond donors (Lipinski definition) is 2. The van der Waals surface area contributed by atoms with E-state index in [1.54, 1.807) is 20.8 Å². The number of nitrogens with two attached hydrogens (primary N) is 1. The molecule has 21 heavy (non-hydrogen) atoms. The number of benzene rings is 1. The second-order valence-electron chi connectivity index (χ2n) is 5.00. The highest BCUT2D eigenvalue weighted by molar-refractivity contribution is 7.89. The highest BCUT2D eigenvalue weighted by Crippen LogP contribution is 2.26. The van der Waals surface area contributed by atoms with Crippen LogP contribution in [0.2, 0.25) is 0 Å². The van der Waals surface area contributed by atoms with Gasteiger partial charge in [-0.2, -0.15) is 0 Å². The van der Waals surface area contributed by atoms with Crippen LogP contribution in [0.25, 0.3) is 0 Å². The number of nitrogen functional groups attached to an aromatic ring is 1. The van der Waals surface area contributed by atoms with Crippen LogP contribution in [0.3, 0.4) is 0 Å². The standard InChI is InChI=1S/C12H19N3O5S/c1-4-20-12(2,3)8-14-21(18,19)11-7-9(13)5-6-10(11)15(16)17/h5-7,14H,4,8,13H2,1-3H3. The minimum Gasteiger partial charge on any atom is -0.399 e. The van der Waals surface area contributed by atoms with Crippen LogP contribution in [0.4, 0.5) is 11.4 Å². The summed E-state index contributed by atoms with van der Waals surface area (Å²) in [5, 5.41) is 10.9. The molecular weight excluding hydrogens is 298 g/mol. The molecule has 0 spiro atoms. The molecule has 0 amide bonds. The molecule has 1 aromatic rings. The van der Waals surface area contributed by atoms with Crippen LogP contribution < -0.4 is 10.5 Å². The molecule has 0 radical (unpaired) electrons. The Bertz CT molecular complexity index is 628. The third-order valence-corrected chi connectivity index (χ3v) is 4.12. The maximum atomic E-state index is 12.2. The molecule has 0 heterocycles. The lowest BCUT2D eigenvalue weighted by Gasteiger charge is -2.24. The molecule has 0 atom stereocenters. The van der Waals surface area contributed by atoms with Crippen molar-refractivity contribution >= 4 is 21.4 Å². The SMILES string of the molecule is CCOC(C)(C)CNS(=O)(=O)c1cc(N)ccc1[N+](=O)[O-]. The first-order chi connectivity index (χ1) is 9.59. The Morgan fingerprint density at radius 1 is 1.43 bits per heavy atom. The average Bonchev–Trinajstić information content (AvgIpc) is 2.36. The van der Waals surface area contributed by atoms with E-state index in [9.17, 15) is 18.5 Å². The first kappa shape index (κ1) is 17.3.